The molecule has 0 spiro atoms. The fourth-order valence-corrected chi connectivity index (χ4v) is 3.37. The van der Waals surface area contributed by atoms with Crippen molar-refractivity contribution < 1.29 is 4.74 Å². The van der Waals surface area contributed by atoms with Gasteiger partial charge in [0.1, 0.15) is 5.75 Å². The summed E-state index contributed by atoms with van der Waals surface area (Å²) in [5.74, 6) is 4.03. The van der Waals surface area contributed by atoms with Gasteiger partial charge in [-0.15, -0.1) is 0 Å². The molecule has 1 saturated heterocycles. The Morgan fingerprint density at radius 2 is 2.19 bits per heavy atom. The summed E-state index contributed by atoms with van der Waals surface area (Å²) in [6.07, 6.45) is 1.25. The van der Waals surface area contributed by atoms with Gasteiger partial charge in [-0.25, -0.2) is 0 Å². The van der Waals surface area contributed by atoms with Gasteiger partial charge in [-0.05, 0) is 48.5 Å². The Morgan fingerprint density at radius 1 is 1.44 bits per heavy atom. The average Bonchev–Trinajstić information content (AvgIpc) is 2.83. The second kappa shape index (κ2) is 5.60. The van der Waals surface area contributed by atoms with Crippen molar-refractivity contribution in [3.8, 4) is 5.75 Å². The van der Waals surface area contributed by atoms with Crippen molar-refractivity contribution >= 4 is 11.8 Å². The first-order valence-corrected chi connectivity index (χ1v) is 7.03. The van der Waals surface area contributed by atoms with E-state index in [-0.39, 0.29) is 6.04 Å². The summed E-state index contributed by atoms with van der Waals surface area (Å²) < 4.78 is 5.42. The van der Waals surface area contributed by atoms with Crippen LogP contribution in [0.25, 0.3) is 0 Å². The van der Waals surface area contributed by atoms with Gasteiger partial charge in [0.25, 0.3) is 0 Å². The van der Waals surface area contributed by atoms with E-state index in [4.69, 9.17) is 10.5 Å². The summed E-state index contributed by atoms with van der Waals surface area (Å²) in [5, 5.41) is 0. The molecule has 0 bridgehead atoms. The average molecular weight is 237 g/mol. The molecule has 0 amide bonds. The maximum atomic E-state index is 6.27. The van der Waals surface area contributed by atoms with Gasteiger partial charge in [-0.3, -0.25) is 0 Å². The third kappa shape index (κ3) is 2.71. The number of ether oxygens (including phenoxy) is 1. The van der Waals surface area contributed by atoms with Gasteiger partial charge in [0, 0.05) is 6.04 Å². The minimum absolute atomic E-state index is 0.186. The lowest BCUT2D eigenvalue weighted by atomic mass is 9.93. The third-order valence-electron chi connectivity index (χ3n) is 3.05. The molecular weight excluding hydrogens is 218 g/mol. The molecule has 0 aliphatic carbocycles. The van der Waals surface area contributed by atoms with Gasteiger partial charge >= 0.3 is 0 Å². The molecule has 16 heavy (non-hydrogen) atoms. The van der Waals surface area contributed by atoms with Crippen molar-refractivity contribution in [2.75, 3.05) is 18.1 Å². The van der Waals surface area contributed by atoms with Crippen LogP contribution in [0.15, 0.2) is 24.3 Å². The summed E-state index contributed by atoms with van der Waals surface area (Å²) in [7, 11) is 0. The smallest absolute Gasteiger partial charge is 0.119 e. The zero-order valence-electron chi connectivity index (χ0n) is 9.69. The fraction of sp³-hybridized carbons (Fsp3) is 0.538. The van der Waals surface area contributed by atoms with E-state index in [1.165, 1.54) is 23.5 Å². The predicted octanol–water partition coefficient (Wildman–Crippen LogP) is 2.84. The first-order chi connectivity index (χ1) is 7.81. The predicted molar refractivity (Wildman–Crippen MR) is 70.0 cm³/mol. The summed E-state index contributed by atoms with van der Waals surface area (Å²) >= 11 is 2.01. The highest BCUT2D eigenvalue weighted by molar-refractivity contribution is 7.99. The Balaban J connectivity index is 2.02. The lowest BCUT2D eigenvalue weighted by Crippen LogP contribution is -2.20. The second-order valence-electron chi connectivity index (χ2n) is 4.15. The molecule has 2 unspecified atom stereocenters. The van der Waals surface area contributed by atoms with E-state index < -0.39 is 0 Å². The molecule has 1 heterocycles. The Hall–Kier alpha value is -0.670. The minimum atomic E-state index is 0.186. The molecule has 2 atom stereocenters. The van der Waals surface area contributed by atoms with Crippen molar-refractivity contribution in [1.82, 2.24) is 0 Å². The van der Waals surface area contributed by atoms with Crippen LogP contribution < -0.4 is 10.5 Å². The maximum Gasteiger partial charge on any atom is 0.119 e. The molecule has 2 rings (SSSR count). The second-order valence-corrected chi connectivity index (χ2v) is 5.30. The molecule has 1 aromatic carbocycles. The zero-order chi connectivity index (χ0) is 11.4. The van der Waals surface area contributed by atoms with Crippen molar-refractivity contribution in [2.24, 2.45) is 11.7 Å². The number of nitrogens with two attached hydrogens (primary N) is 1. The zero-order valence-corrected chi connectivity index (χ0v) is 10.5. The Morgan fingerprint density at radius 3 is 2.75 bits per heavy atom. The largest absolute Gasteiger partial charge is 0.494 e. The normalized spacial score (nSPS) is 22.0. The van der Waals surface area contributed by atoms with Gasteiger partial charge in [0.2, 0.25) is 0 Å². The van der Waals surface area contributed by atoms with Gasteiger partial charge < -0.3 is 10.5 Å². The summed E-state index contributed by atoms with van der Waals surface area (Å²) in [6.45, 7) is 2.71. The van der Waals surface area contributed by atoms with E-state index in [0.717, 1.165) is 5.75 Å². The molecular formula is C13H19NOS. The lowest BCUT2D eigenvalue weighted by Gasteiger charge is -2.18. The van der Waals surface area contributed by atoms with Gasteiger partial charge in [0.15, 0.2) is 0 Å². The molecule has 0 radical (unpaired) electrons. The van der Waals surface area contributed by atoms with Gasteiger partial charge in [-0.1, -0.05) is 12.1 Å². The number of hydrogen-bond acceptors (Lipinski definition) is 3. The topological polar surface area (TPSA) is 35.2 Å². The van der Waals surface area contributed by atoms with Crippen molar-refractivity contribution in [1.29, 1.82) is 0 Å². The molecule has 3 heteroatoms. The van der Waals surface area contributed by atoms with Crippen LogP contribution in [0.2, 0.25) is 0 Å². The van der Waals surface area contributed by atoms with Crippen LogP contribution in [-0.4, -0.2) is 18.1 Å². The SMILES string of the molecule is CCOc1ccc(C(N)C2CCSC2)cc1. The molecule has 0 saturated carbocycles. The minimum Gasteiger partial charge on any atom is -0.494 e. The number of benzene rings is 1. The van der Waals surface area contributed by atoms with Crippen LogP contribution in [0.1, 0.15) is 24.9 Å². The van der Waals surface area contributed by atoms with E-state index in [9.17, 15) is 0 Å². The molecule has 2 N–H and O–H groups in total. The first kappa shape index (κ1) is 11.8. The van der Waals surface area contributed by atoms with Crippen LogP contribution in [-0.2, 0) is 0 Å². The molecule has 0 aromatic heterocycles. The van der Waals surface area contributed by atoms with Crippen molar-refractivity contribution in [3.05, 3.63) is 29.8 Å². The highest BCUT2D eigenvalue weighted by Crippen LogP contribution is 2.33. The molecule has 1 aliphatic heterocycles. The quantitative estimate of drug-likeness (QED) is 0.874. The van der Waals surface area contributed by atoms with Gasteiger partial charge in [0.05, 0.1) is 6.61 Å². The Labute approximate surface area is 102 Å². The summed E-state index contributed by atoms with van der Waals surface area (Å²) in [5.41, 5.74) is 7.50. The monoisotopic (exact) mass is 237 g/mol. The fourth-order valence-electron chi connectivity index (χ4n) is 2.06. The van der Waals surface area contributed by atoms with Crippen LogP contribution >= 0.6 is 11.8 Å². The maximum absolute atomic E-state index is 6.27. The number of thioether (sulfide) groups is 1. The standard InChI is InChI=1S/C13H19NOS/c1-2-15-12-5-3-10(4-6-12)13(14)11-7-8-16-9-11/h3-6,11,13H,2,7-9,14H2,1H3. The number of hydrogen-bond donors (Lipinski definition) is 1. The van der Waals surface area contributed by atoms with E-state index in [0.29, 0.717) is 12.5 Å². The highest BCUT2D eigenvalue weighted by Gasteiger charge is 2.23. The summed E-state index contributed by atoms with van der Waals surface area (Å²) in [6, 6.07) is 8.41. The third-order valence-corrected chi connectivity index (χ3v) is 4.24. The molecule has 1 aromatic rings. The Kier molecular flexibility index (Phi) is 4.13. The van der Waals surface area contributed by atoms with E-state index in [1.807, 2.05) is 30.8 Å². The van der Waals surface area contributed by atoms with Crippen molar-refractivity contribution in [3.63, 3.8) is 0 Å². The van der Waals surface area contributed by atoms with Crippen LogP contribution in [0.3, 0.4) is 0 Å². The van der Waals surface area contributed by atoms with Crippen molar-refractivity contribution in [2.45, 2.75) is 19.4 Å². The van der Waals surface area contributed by atoms with Crippen LogP contribution in [0.5, 0.6) is 5.75 Å². The molecule has 2 nitrogen and oxygen atoms in total. The Bertz CT molecular complexity index is 319. The molecule has 1 aliphatic rings. The molecule has 1 fully saturated rings. The van der Waals surface area contributed by atoms with Crippen LogP contribution in [0.4, 0.5) is 0 Å². The van der Waals surface area contributed by atoms with E-state index >= 15 is 0 Å². The van der Waals surface area contributed by atoms with Crippen LogP contribution in [0, 0.1) is 5.92 Å². The van der Waals surface area contributed by atoms with E-state index in [2.05, 4.69) is 12.1 Å². The summed E-state index contributed by atoms with van der Waals surface area (Å²) in [4.78, 5) is 0. The first-order valence-electron chi connectivity index (χ1n) is 5.87. The highest BCUT2D eigenvalue weighted by atomic mass is 32.2. The number of rotatable bonds is 4. The van der Waals surface area contributed by atoms with E-state index in [1.54, 1.807) is 0 Å². The molecule has 88 valence electrons. The lowest BCUT2D eigenvalue weighted by molar-refractivity contribution is 0.340. The van der Waals surface area contributed by atoms with Gasteiger partial charge in [-0.2, -0.15) is 11.8 Å².